The molecular weight excluding hydrogens is 376 g/mol. The molecule has 1 unspecified atom stereocenters. The first-order valence-electron chi connectivity index (χ1n) is 10.2. The highest BCUT2D eigenvalue weighted by molar-refractivity contribution is 5.99. The molecule has 0 saturated carbocycles. The minimum atomic E-state index is -0.437. The monoisotopic (exact) mass is 400 g/mol. The van der Waals surface area contributed by atoms with Gasteiger partial charge in [-0.25, -0.2) is 4.79 Å². The summed E-state index contributed by atoms with van der Waals surface area (Å²) in [4.78, 5) is 25.6. The molecule has 1 aliphatic carbocycles. The van der Waals surface area contributed by atoms with Gasteiger partial charge in [0.2, 0.25) is 0 Å². The zero-order chi connectivity index (χ0) is 21.1. The van der Waals surface area contributed by atoms with Crippen LogP contribution in [0.1, 0.15) is 42.1 Å². The Balaban J connectivity index is 1.67. The lowest BCUT2D eigenvalue weighted by Crippen LogP contribution is -2.23. The van der Waals surface area contributed by atoms with Crippen LogP contribution >= 0.6 is 0 Å². The molecule has 3 aromatic carbocycles. The third-order valence-electron chi connectivity index (χ3n) is 5.60. The van der Waals surface area contributed by atoms with Gasteiger partial charge in [0.1, 0.15) is 11.5 Å². The number of hydrogen-bond acceptors (Lipinski definition) is 4. The zero-order valence-corrected chi connectivity index (χ0v) is 17.2. The molecule has 4 heteroatoms. The molecule has 30 heavy (non-hydrogen) atoms. The minimum Gasteiger partial charge on any atom is -0.425 e. The first-order chi connectivity index (χ1) is 14.5. The molecule has 0 radical (unpaired) electrons. The molecule has 1 aliphatic rings. The molecular formula is C26H24O4. The van der Waals surface area contributed by atoms with E-state index in [1.165, 1.54) is 0 Å². The number of carbonyl (C=O) groups is 2. The summed E-state index contributed by atoms with van der Waals surface area (Å²) in [5, 5.41) is 1.46. The summed E-state index contributed by atoms with van der Waals surface area (Å²) in [5.41, 5.74) is 2.40. The summed E-state index contributed by atoms with van der Waals surface area (Å²) in [6, 6.07) is 18.2. The lowest BCUT2D eigenvalue weighted by atomic mass is 9.89. The highest BCUT2D eigenvalue weighted by atomic mass is 16.5. The van der Waals surface area contributed by atoms with Crippen LogP contribution in [0.3, 0.4) is 0 Å². The number of benzene rings is 3. The topological polar surface area (TPSA) is 52.6 Å². The van der Waals surface area contributed by atoms with Gasteiger partial charge in [-0.05, 0) is 62.3 Å². The van der Waals surface area contributed by atoms with Gasteiger partial charge in [-0.2, -0.15) is 0 Å². The van der Waals surface area contributed by atoms with Gasteiger partial charge in [-0.1, -0.05) is 54.1 Å². The average molecular weight is 400 g/mol. The van der Waals surface area contributed by atoms with E-state index in [0.717, 1.165) is 35.8 Å². The van der Waals surface area contributed by atoms with Crippen molar-refractivity contribution in [3.63, 3.8) is 0 Å². The summed E-state index contributed by atoms with van der Waals surface area (Å²) in [5.74, 6) is -0.149. The van der Waals surface area contributed by atoms with E-state index in [-0.39, 0.29) is 11.9 Å². The molecule has 0 aliphatic heterocycles. The number of ether oxygens (including phenoxy) is 2. The summed E-state index contributed by atoms with van der Waals surface area (Å²) in [6.45, 7) is 3.84. The van der Waals surface area contributed by atoms with Crippen molar-refractivity contribution in [1.82, 2.24) is 0 Å². The van der Waals surface area contributed by atoms with Crippen molar-refractivity contribution in [2.75, 3.05) is 0 Å². The van der Waals surface area contributed by atoms with Crippen LogP contribution in [0, 0.1) is 12.8 Å². The number of esters is 2. The fourth-order valence-corrected chi connectivity index (χ4v) is 3.90. The maximum Gasteiger partial charge on any atom is 0.343 e. The van der Waals surface area contributed by atoms with Gasteiger partial charge in [0, 0.05) is 0 Å². The molecule has 152 valence electrons. The number of rotatable bonds is 4. The number of hydrogen-bond donors (Lipinski definition) is 0. The Morgan fingerprint density at radius 3 is 2.27 bits per heavy atom. The van der Waals surface area contributed by atoms with Crippen molar-refractivity contribution in [2.45, 2.75) is 33.1 Å². The Labute approximate surface area is 176 Å². The standard InChI is InChI=1S/C26H24O4/c1-17-9-3-5-13-20(17)25(27)29-22-15-7-11-19-12-8-16-23(24(19)22)30-26(28)21-14-6-4-10-18(21)2/h3,5,7-13,15-16,21H,4,6,14H2,1-2H3. The van der Waals surface area contributed by atoms with E-state index in [0.29, 0.717) is 22.4 Å². The number of allylic oxidation sites excluding steroid dienone is 1. The average Bonchev–Trinajstić information content (AvgIpc) is 2.74. The van der Waals surface area contributed by atoms with Gasteiger partial charge in [-0.15, -0.1) is 0 Å². The molecule has 0 amide bonds. The zero-order valence-electron chi connectivity index (χ0n) is 17.2. The van der Waals surface area contributed by atoms with Crippen LogP contribution < -0.4 is 9.47 Å². The molecule has 4 rings (SSSR count). The fraction of sp³-hybridized carbons (Fsp3) is 0.231. The largest absolute Gasteiger partial charge is 0.425 e. The molecule has 0 fully saturated rings. The van der Waals surface area contributed by atoms with Crippen LogP contribution in [-0.2, 0) is 4.79 Å². The van der Waals surface area contributed by atoms with Crippen LogP contribution in [0.4, 0.5) is 0 Å². The second-order valence-corrected chi connectivity index (χ2v) is 7.67. The molecule has 0 N–H and O–H groups in total. The lowest BCUT2D eigenvalue weighted by Gasteiger charge is -2.21. The molecule has 0 aromatic heterocycles. The Kier molecular flexibility index (Phi) is 5.66. The number of fused-ring (bicyclic) bond motifs is 1. The van der Waals surface area contributed by atoms with E-state index >= 15 is 0 Å². The van der Waals surface area contributed by atoms with Crippen LogP contribution in [0.25, 0.3) is 10.8 Å². The predicted molar refractivity (Wildman–Crippen MR) is 117 cm³/mol. The van der Waals surface area contributed by atoms with Crippen LogP contribution in [0.2, 0.25) is 0 Å². The molecule has 0 saturated heterocycles. The summed E-state index contributed by atoms with van der Waals surface area (Å²) in [6.07, 6.45) is 4.88. The lowest BCUT2D eigenvalue weighted by molar-refractivity contribution is -0.137. The van der Waals surface area contributed by atoms with E-state index in [1.54, 1.807) is 24.3 Å². The quantitative estimate of drug-likeness (QED) is 0.305. The highest BCUT2D eigenvalue weighted by Gasteiger charge is 2.25. The Hall–Kier alpha value is -3.40. The molecule has 0 spiro atoms. The van der Waals surface area contributed by atoms with E-state index in [1.807, 2.05) is 50.2 Å². The molecule has 1 atom stereocenters. The first kappa shape index (κ1) is 19.9. The Morgan fingerprint density at radius 1 is 0.867 bits per heavy atom. The number of carbonyl (C=O) groups excluding carboxylic acids is 2. The van der Waals surface area contributed by atoms with Crippen molar-refractivity contribution >= 4 is 22.7 Å². The van der Waals surface area contributed by atoms with E-state index in [4.69, 9.17) is 9.47 Å². The van der Waals surface area contributed by atoms with Gasteiger partial charge < -0.3 is 9.47 Å². The maximum absolute atomic E-state index is 12.9. The molecule has 0 heterocycles. The third-order valence-corrected chi connectivity index (χ3v) is 5.60. The van der Waals surface area contributed by atoms with Gasteiger partial charge in [0.05, 0.1) is 16.9 Å². The van der Waals surface area contributed by atoms with Gasteiger partial charge in [-0.3, -0.25) is 4.79 Å². The second-order valence-electron chi connectivity index (χ2n) is 7.67. The number of aryl methyl sites for hydroxylation is 1. The first-order valence-corrected chi connectivity index (χ1v) is 10.2. The smallest absolute Gasteiger partial charge is 0.343 e. The summed E-state index contributed by atoms with van der Waals surface area (Å²) >= 11 is 0. The van der Waals surface area contributed by atoms with Crippen molar-refractivity contribution in [3.8, 4) is 11.5 Å². The van der Waals surface area contributed by atoms with Gasteiger partial charge in [0.15, 0.2) is 0 Å². The molecule has 3 aromatic rings. The van der Waals surface area contributed by atoms with E-state index < -0.39 is 5.97 Å². The van der Waals surface area contributed by atoms with Gasteiger partial charge >= 0.3 is 11.9 Å². The van der Waals surface area contributed by atoms with Crippen molar-refractivity contribution in [1.29, 1.82) is 0 Å². The third kappa shape index (κ3) is 3.99. The minimum absolute atomic E-state index is 0.226. The SMILES string of the molecule is CC1=CCCCC1C(=O)Oc1cccc2cccc(OC(=O)c3ccccc3C)c12. The second kappa shape index (κ2) is 8.54. The van der Waals surface area contributed by atoms with Crippen LogP contribution in [0.15, 0.2) is 72.3 Å². The van der Waals surface area contributed by atoms with Crippen molar-refractivity contribution < 1.29 is 19.1 Å². The maximum atomic E-state index is 12.9. The Morgan fingerprint density at radius 2 is 1.57 bits per heavy atom. The summed E-state index contributed by atoms with van der Waals surface area (Å²) in [7, 11) is 0. The normalized spacial score (nSPS) is 16.1. The fourth-order valence-electron chi connectivity index (χ4n) is 3.90. The van der Waals surface area contributed by atoms with Crippen LogP contribution in [0.5, 0.6) is 11.5 Å². The molecule has 0 bridgehead atoms. The van der Waals surface area contributed by atoms with E-state index in [2.05, 4.69) is 6.08 Å². The highest BCUT2D eigenvalue weighted by Crippen LogP contribution is 2.36. The van der Waals surface area contributed by atoms with Crippen LogP contribution in [-0.4, -0.2) is 11.9 Å². The Bertz CT molecular complexity index is 1140. The van der Waals surface area contributed by atoms with Crippen molar-refractivity contribution in [2.24, 2.45) is 5.92 Å². The summed E-state index contributed by atoms with van der Waals surface area (Å²) < 4.78 is 11.6. The van der Waals surface area contributed by atoms with Gasteiger partial charge in [0.25, 0.3) is 0 Å². The van der Waals surface area contributed by atoms with E-state index in [9.17, 15) is 9.59 Å². The predicted octanol–water partition coefficient (Wildman–Crippen LogP) is 6.02. The van der Waals surface area contributed by atoms with Crippen molar-refractivity contribution in [3.05, 3.63) is 83.4 Å². The molecule has 4 nitrogen and oxygen atoms in total.